The topological polar surface area (TPSA) is 98.5 Å². The lowest BCUT2D eigenvalue weighted by atomic mass is 10.2. The summed E-state index contributed by atoms with van der Waals surface area (Å²) in [6, 6.07) is 4.19. The van der Waals surface area contributed by atoms with E-state index in [2.05, 4.69) is 10.1 Å². The van der Waals surface area contributed by atoms with E-state index in [9.17, 15) is 13.2 Å². The number of anilines is 1. The van der Waals surface area contributed by atoms with Crippen molar-refractivity contribution in [1.29, 1.82) is 0 Å². The summed E-state index contributed by atoms with van der Waals surface area (Å²) in [5.41, 5.74) is 1.12. The van der Waals surface area contributed by atoms with Crippen molar-refractivity contribution in [2.24, 2.45) is 5.14 Å². The SMILES string of the molecule is NS(=O)(=O)c1ccc2c(c1)COC(=O)N2. The summed E-state index contributed by atoms with van der Waals surface area (Å²) >= 11 is 0. The molecule has 1 aliphatic rings. The van der Waals surface area contributed by atoms with Gasteiger partial charge in [-0.25, -0.2) is 18.4 Å². The second-order valence-electron chi connectivity index (χ2n) is 3.07. The zero-order valence-electron chi connectivity index (χ0n) is 7.56. The van der Waals surface area contributed by atoms with E-state index in [1.54, 1.807) is 0 Å². The first-order chi connectivity index (χ1) is 6.97. The van der Waals surface area contributed by atoms with Crippen LogP contribution in [0.1, 0.15) is 5.56 Å². The Morgan fingerprint density at radius 2 is 2.13 bits per heavy atom. The highest BCUT2D eigenvalue weighted by Crippen LogP contribution is 2.23. The van der Waals surface area contributed by atoms with Crippen molar-refractivity contribution in [2.75, 3.05) is 5.32 Å². The second kappa shape index (κ2) is 3.21. The number of primary sulfonamides is 1. The Morgan fingerprint density at radius 1 is 1.40 bits per heavy atom. The van der Waals surface area contributed by atoms with E-state index in [0.29, 0.717) is 11.3 Å². The van der Waals surface area contributed by atoms with E-state index in [-0.39, 0.29) is 11.5 Å². The van der Waals surface area contributed by atoms with Gasteiger partial charge in [-0.15, -0.1) is 0 Å². The van der Waals surface area contributed by atoms with Gasteiger partial charge in [-0.2, -0.15) is 0 Å². The number of ether oxygens (including phenoxy) is 1. The Balaban J connectivity index is 2.48. The number of carbonyl (C=O) groups excluding carboxylic acids is 1. The summed E-state index contributed by atoms with van der Waals surface area (Å²) < 4.78 is 26.8. The number of fused-ring (bicyclic) bond motifs is 1. The average molecular weight is 228 g/mol. The summed E-state index contributed by atoms with van der Waals surface area (Å²) in [7, 11) is -3.72. The van der Waals surface area contributed by atoms with Crippen molar-refractivity contribution in [3.63, 3.8) is 0 Å². The number of nitrogens with one attached hydrogen (secondary N) is 1. The first-order valence-corrected chi connectivity index (χ1v) is 5.61. The minimum absolute atomic E-state index is 0.000925. The monoisotopic (exact) mass is 228 g/mol. The van der Waals surface area contributed by atoms with Crippen LogP contribution in [0, 0.1) is 0 Å². The van der Waals surface area contributed by atoms with E-state index in [0.717, 1.165) is 0 Å². The van der Waals surface area contributed by atoms with Crippen LogP contribution in [-0.2, 0) is 21.4 Å². The van der Waals surface area contributed by atoms with Gasteiger partial charge in [0, 0.05) is 5.56 Å². The summed E-state index contributed by atoms with van der Waals surface area (Å²) in [5.74, 6) is 0. The summed E-state index contributed by atoms with van der Waals surface area (Å²) in [6.07, 6.45) is -0.550. The maximum absolute atomic E-state index is 11.0. The molecule has 3 N–H and O–H groups in total. The van der Waals surface area contributed by atoms with Crippen molar-refractivity contribution in [2.45, 2.75) is 11.5 Å². The molecule has 0 atom stereocenters. The predicted octanol–water partition coefficient (Wildman–Crippen LogP) is 0.396. The normalized spacial score (nSPS) is 15.1. The Kier molecular flexibility index (Phi) is 2.13. The van der Waals surface area contributed by atoms with Gasteiger partial charge >= 0.3 is 6.09 Å². The Morgan fingerprint density at radius 3 is 2.80 bits per heavy atom. The minimum atomic E-state index is -3.72. The number of benzene rings is 1. The first-order valence-electron chi connectivity index (χ1n) is 4.06. The van der Waals surface area contributed by atoms with E-state index in [4.69, 9.17) is 5.14 Å². The van der Waals surface area contributed by atoms with Gasteiger partial charge in [-0.3, -0.25) is 5.32 Å². The molecule has 6 nitrogen and oxygen atoms in total. The van der Waals surface area contributed by atoms with Gasteiger partial charge in [-0.05, 0) is 18.2 Å². The molecule has 0 spiro atoms. The van der Waals surface area contributed by atoms with Crippen molar-refractivity contribution in [3.8, 4) is 0 Å². The number of hydrogen-bond donors (Lipinski definition) is 2. The zero-order valence-corrected chi connectivity index (χ0v) is 8.37. The molecule has 1 amide bonds. The molecule has 1 aromatic rings. The molecule has 1 heterocycles. The molecule has 2 rings (SSSR count). The smallest absolute Gasteiger partial charge is 0.411 e. The van der Waals surface area contributed by atoms with Crippen molar-refractivity contribution in [1.82, 2.24) is 0 Å². The lowest BCUT2D eigenvalue weighted by Crippen LogP contribution is -2.21. The molecule has 0 aliphatic carbocycles. The van der Waals surface area contributed by atoms with Gasteiger partial charge < -0.3 is 4.74 Å². The lowest BCUT2D eigenvalue weighted by molar-refractivity contribution is 0.151. The molecule has 0 saturated carbocycles. The molecule has 1 aromatic carbocycles. The van der Waals surface area contributed by atoms with Crippen LogP contribution in [-0.4, -0.2) is 14.5 Å². The number of amides is 1. The van der Waals surface area contributed by atoms with Gasteiger partial charge in [0.1, 0.15) is 6.61 Å². The van der Waals surface area contributed by atoms with Gasteiger partial charge in [0.2, 0.25) is 10.0 Å². The van der Waals surface area contributed by atoms with Crippen LogP contribution in [0.15, 0.2) is 23.1 Å². The van der Waals surface area contributed by atoms with Gasteiger partial charge in [0.25, 0.3) is 0 Å². The summed E-state index contributed by atoms with van der Waals surface area (Å²) in [6.45, 7) is 0.0462. The van der Waals surface area contributed by atoms with Crippen molar-refractivity contribution >= 4 is 21.8 Å². The fourth-order valence-corrected chi connectivity index (χ4v) is 1.84. The van der Waals surface area contributed by atoms with Gasteiger partial charge in [-0.1, -0.05) is 0 Å². The first kappa shape index (κ1) is 9.94. The van der Waals surface area contributed by atoms with Crippen LogP contribution in [0.3, 0.4) is 0 Å². The molecule has 0 fully saturated rings. The third-order valence-corrected chi connectivity index (χ3v) is 2.91. The molecular formula is C8H8N2O4S. The molecule has 15 heavy (non-hydrogen) atoms. The zero-order chi connectivity index (χ0) is 11.1. The van der Waals surface area contributed by atoms with E-state index < -0.39 is 16.1 Å². The average Bonchev–Trinajstić information content (AvgIpc) is 2.15. The molecule has 0 bridgehead atoms. The van der Waals surface area contributed by atoms with Crippen LogP contribution in [0.25, 0.3) is 0 Å². The van der Waals surface area contributed by atoms with Gasteiger partial charge in [0.05, 0.1) is 10.6 Å². The largest absolute Gasteiger partial charge is 0.444 e. The number of rotatable bonds is 1. The maximum atomic E-state index is 11.0. The van der Waals surface area contributed by atoms with Gasteiger partial charge in [0.15, 0.2) is 0 Å². The Bertz CT molecular complexity index is 523. The molecule has 80 valence electrons. The number of carbonyl (C=O) groups is 1. The van der Waals surface area contributed by atoms with Crippen LogP contribution in [0.5, 0.6) is 0 Å². The minimum Gasteiger partial charge on any atom is -0.444 e. The quantitative estimate of drug-likeness (QED) is 0.726. The summed E-state index contributed by atoms with van der Waals surface area (Å²) in [5, 5.41) is 7.40. The fraction of sp³-hybridized carbons (Fsp3) is 0.125. The van der Waals surface area contributed by atoms with Crippen molar-refractivity contribution < 1.29 is 17.9 Å². The predicted molar refractivity (Wildman–Crippen MR) is 51.6 cm³/mol. The molecule has 0 saturated heterocycles. The highest BCUT2D eigenvalue weighted by atomic mass is 32.2. The van der Waals surface area contributed by atoms with E-state index in [1.807, 2.05) is 0 Å². The third-order valence-electron chi connectivity index (χ3n) is 2.00. The van der Waals surface area contributed by atoms with Crippen LogP contribution < -0.4 is 10.5 Å². The van der Waals surface area contributed by atoms with Crippen LogP contribution in [0.2, 0.25) is 0 Å². The van der Waals surface area contributed by atoms with Crippen LogP contribution in [0.4, 0.5) is 10.5 Å². The highest BCUT2D eigenvalue weighted by Gasteiger charge is 2.18. The molecule has 7 heteroatoms. The van der Waals surface area contributed by atoms with E-state index in [1.165, 1.54) is 18.2 Å². The molecule has 0 radical (unpaired) electrons. The standard InChI is InChI=1S/C8H8N2O4S/c9-15(12,13)6-1-2-7-5(3-6)4-14-8(11)10-7/h1-3H,4H2,(H,10,11)(H2,9,12,13). The van der Waals surface area contributed by atoms with E-state index >= 15 is 0 Å². The highest BCUT2D eigenvalue weighted by molar-refractivity contribution is 7.89. The fourth-order valence-electron chi connectivity index (χ4n) is 1.28. The number of cyclic esters (lactones) is 1. The molecular weight excluding hydrogens is 220 g/mol. The van der Waals surface area contributed by atoms with Crippen LogP contribution >= 0.6 is 0 Å². The summed E-state index contributed by atoms with van der Waals surface area (Å²) in [4.78, 5) is 10.8. The molecule has 0 unspecified atom stereocenters. The number of nitrogens with two attached hydrogens (primary N) is 1. The third kappa shape index (κ3) is 1.92. The lowest BCUT2D eigenvalue weighted by Gasteiger charge is -2.17. The molecule has 1 aliphatic heterocycles. The number of sulfonamides is 1. The maximum Gasteiger partial charge on any atom is 0.411 e. The number of hydrogen-bond acceptors (Lipinski definition) is 4. The Labute approximate surface area is 86.1 Å². The van der Waals surface area contributed by atoms with Crippen molar-refractivity contribution in [3.05, 3.63) is 23.8 Å². The Hall–Kier alpha value is -1.60. The molecule has 0 aromatic heterocycles. The second-order valence-corrected chi connectivity index (χ2v) is 4.63.